The van der Waals surface area contributed by atoms with E-state index in [1.807, 2.05) is 11.8 Å². The van der Waals surface area contributed by atoms with Gasteiger partial charge in [-0.05, 0) is 42.5 Å². The maximum Gasteiger partial charge on any atom is 0.129 e. The van der Waals surface area contributed by atoms with Crippen LogP contribution in [0.4, 0.5) is 4.39 Å². The normalized spacial score (nSPS) is 20.2. The van der Waals surface area contributed by atoms with Gasteiger partial charge in [0.2, 0.25) is 0 Å². The topological polar surface area (TPSA) is 12.0 Å². The minimum absolute atomic E-state index is 0.221. The molecule has 1 aromatic rings. The lowest BCUT2D eigenvalue weighted by Gasteiger charge is -2.11. The van der Waals surface area contributed by atoms with Crippen molar-refractivity contribution in [2.24, 2.45) is 5.92 Å². The van der Waals surface area contributed by atoms with E-state index in [4.69, 9.17) is 11.6 Å². The van der Waals surface area contributed by atoms with Crippen LogP contribution in [0.3, 0.4) is 0 Å². The predicted octanol–water partition coefficient (Wildman–Crippen LogP) is 3.32. The smallest absolute Gasteiger partial charge is 0.129 e. The van der Waals surface area contributed by atoms with E-state index in [-0.39, 0.29) is 5.82 Å². The highest BCUT2D eigenvalue weighted by Crippen LogP contribution is 2.23. The van der Waals surface area contributed by atoms with Gasteiger partial charge in [-0.25, -0.2) is 4.39 Å². The van der Waals surface area contributed by atoms with Crippen LogP contribution in [0.2, 0.25) is 5.02 Å². The van der Waals surface area contributed by atoms with Gasteiger partial charge in [0.1, 0.15) is 5.82 Å². The fraction of sp³-hybridized carbons (Fsp3) is 0.500. The van der Waals surface area contributed by atoms with Gasteiger partial charge in [0.05, 0.1) is 0 Å². The zero-order valence-corrected chi connectivity index (χ0v) is 10.6. The molecule has 2 rings (SSSR count). The second kappa shape index (κ2) is 5.89. The third kappa shape index (κ3) is 3.12. The van der Waals surface area contributed by atoms with Crippen molar-refractivity contribution in [2.75, 3.05) is 18.1 Å². The molecule has 0 amide bonds. The van der Waals surface area contributed by atoms with Gasteiger partial charge in [0, 0.05) is 17.1 Å². The first-order chi connectivity index (χ1) is 7.77. The molecule has 0 bridgehead atoms. The monoisotopic (exact) mass is 259 g/mol. The maximum atomic E-state index is 13.4. The SMILES string of the molecule is Fc1cccc(Cl)c1CNCC1CCSC1. The Labute approximate surface area is 105 Å². The summed E-state index contributed by atoms with van der Waals surface area (Å²) in [5.74, 6) is 2.99. The molecule has 0 saturated carbocycles. The predicted molar refractivity (Wildman–Crippen MR) is 68.5 cm³/mol. The van der Waals surface area contributed by atoms with Crippen LogP contribution in [-0.4, -0.2) is 18.1 Å². The van der Waals surface area contributed by atoms with Crippen LogP contribution in [0.15, 0.2) is 18.2 Å². The molecule has 16 heavy (non-hydrogen) atoms. The van der Waals surface area contributed by atoms with Gasteiger partial charge in [0.25, 0.3) is 0 Å². The molecule has 1 unspecified atom stereocenters. The third-order valence-corrected chi connectivity index (χ3v) is 4.41. The van der Waals surface area contributed by atoms with Crippen molar-refractivity contribution in [3.05, 3.63) is 34.6 Å². The molecule has 1 aliphatic heterocycles. The van der Waals surface area contributed by atoms with Crippen molar-refractivity contribution in [3.8, 4) is 0 Å². The lowest BCUT2D eigenvalue weighted by Crippen LogP contribution is -2.22. The number of thioether (sulfide) groups is 1. The van der Waals surface area contributed by atoms with Crippen LogP contribution in [0.1, 0.15) is 12.0 Å². The second-order valence-electron chi connectivity index (χ2n) is 4.06. The summed E-state index contributed by atoms with van der Waals surface area (Å²) in [5.41, 5.74) is 0.579. The van der Waals surface area contributed by atoms with Crippen molar-refractivity contribution in [3.63, 3.8) is 0 Å². The Bertz CT molecular complexity index is 333. The van der Waals surface area contributed by atoms with E-state index in [1.54, 1.807) is 12.1 Å². The van der Waals surface area contributed by atoms with Gasteiger partial charge < -0.3 is 5.32 Å². The molecule has 0 aliphatic carbocycles. The molecule has 1 nitrogen and oxygen atoms in total. The minimum atomic E-state index is -0.221. The van der Waals surface area contributed by atoms with Gasteiger partial charge in [-0.3, -0.25) is 0 Å². The van der Waals surface area contributed by atoms with Crippen molar-refractivity contribution in [2.45, 2.75) is 13.0 Å². The van der Waals surface area contributed by atoms with Crippen LogP contribution in [0, 0.1) is 11.7 Å². The summed E-state index contributed by atoms with van der Waals surface area (Å²) in [5, 5.41) is 3.80. The molecule has 1 aliphatic rings. The van der Waals surface area contributed by atoms with E-state index >= 15 is 0 Å². The Kier molecular flexibility index (Phi) is 4.50. The lowest BCUT2D eigenvalue weighted by atomic mass is 10.1. The van der Waals surface area contributed by atoms with Crippen LogP contribution in [0.25, 0.3) is 0 Å². The number of rotatable bonds is 4. The third-order valence-electron chi connectivity index (χ3n) is 2.82. The average molecular weight is 260 g/mol. The molecule has 1 fully saturated rings. The lowest BCUT2D eigenvalue weighted by molar-refractivity contribution is 0.512. The van der Waals surface area contributed by atoms with Crippen LogP contribution < -0.4 is 5.32 Å². The first kappa shape index (κ1) is 12.2. The van der Waals surface area contributed by atoms with Gasteiger partial charge in [-0.1, -0.05) is 17.7 Å². The molecule has 88 valence electrons. The Hall–Kier alpha value is -0.250. The molecule has 1 heterocycles. The molecule has 0 aromatic heterocycles. The molecule has 1 N–H and O–H groups in total. The molecule has 1 saturated heterocycles. The summed E-state index contributed by atoms with van der Waals surface area (Å²) >= 11 is 7.94. The molecular formula is C12H15ClFNS. The Balaban J connectivity index is 1.84. The van der Waals surface area contributed by atoms with Gasteiger partial charge in [-0.2, -0.15) is 11.8 Å². The van der Waals surface area contributed by atoms with E-state index in [0.717, 1.165) is 12.5 Å². The van der Waals surface area contributed by atoms with Gasteiger partial charge in [0.15, 0.2) is 0 Å². The van der Waals surface area contributed by atoms with E-state index in [9.17, 15) is 4.39 Å². The minimum Gasteiger partial charge on any atom is -0.312 e. The fourth-order valence-corrected chi connectivity index (χ4v) is 3.36. The second-order valence-corrected chi connectivity index (χ2v) is 5.62. The average Bonchev–Trinajstić information content (AvgIpc) is 2.75. The van der Waals surface area contributed by atoms with E-state index in [1.165, 1.54) is 24.0 Å². The summed E-state index contributed by atoms with van der Waals surface area (Å²) in [6.45, 7) is 1.48. The van der Waals surface area contributed by atoms with Gasteiger partial charge >= 0.3 is 0 Å². The molecule has 0 spiro atoms. The maximum absolute atomic E-state index is 13.4. The highest BCUT2D eigenvalue weighted by atomic mass is 35.5. The fourth-order valence-electron chi connectivity index (χ4n) is 1.85. The van der Waals surface area contributed by atoms with E-state index < -0.39 is 0 Å². The van der Waals surface area contributed by atoms with Crippen LogP contribution in [-0.2, 0) is 6.54 Å². The molecule has 4 heteroatoms. The van der Waals surface area contributed by atoms with E-state index in [0.29, 0.717) is 17.1 Å². The Morgan fingerprint density at radius 1 is 1.50 bits per heavy atom. The van der Waals surface area contributed by atoms with Gasteiger partial charge in [-0.15, -0.1) is 0 Å². The summed E-state index contributed by atoms with van der Waals surface area (Å²) in [6.07, 6.45) is 1.27. The summed E-state index contributed by atoms with van der Waals surface area (Å²) < 4.78 is 13.4. The first-order valence-electron chi connectivity index (χ1n) is 5.48. The molecule has 0 radical (unpaired) electrons. The summed E-state index contributed by atoms with van der Waals surface area (Å²) in [6, 6.07) is 4.82. The first-order valence-corrected chi connectivity index (χ1v) is 7.02. The number of hydrogen-bond donors (Lipinski definition) is 1. The zero-order chi connectivity index (χ0) is 11.4. The molecule has 1 atom stereocenters. The van der Waals surface area contributed by atoms with Crippen molar-refractivity contribution in [1.29, 1.82) is 0 Å². The zero-order valence-electron chi connectivity index (χ0n) is 9.01. The van der Waals surface area contributed by atoms with Crippen LogP contribution >= 0.6 is 23.4 Å². The summed E-state index contributed by atoms with van der Waals surface area (Å²) in [4.78, 5) is 0. The molecule has 1 aromatic carbocycles. The van der Waals surface area contributed by atoms with Crippen molar-refractivity contribution >= 4 is 23.4 Å². The van der Waals surface area contributed by atoms with Crippen molar-refractivity contribution in [1.82, 2.24) is 5.32 Å². The highest BCUT2D eigenvalue weighted by Gasteiger charge is 2.15. The largest absolute Gasteiger partial charge is 0.312 e. The van der Waals surface area contributed by atoms with Crippen molar-refractivity contribution < 1.29 is 4.39 Å². The van der Waals surface area contributed by atoms with Crippen LogP contribution in [0.5, 0.6) is 0 Å². The Morgan fingerprint density at radius 2 is 2.38 bits per heavy atom. The summed E-state index contributed by atoms with van der Waals surface area (Å²) in [7, 11) is 0. The number of benzene rings is 1. The Morgan fingerprint density at radius 3 is 3.06 bits per heavy atom. The number of hydrogen-bond acceptors (Lipinski definition) is 2. The number of nitrogens with one attached hydrogen (secondary N) is 1. The highest BCUT2D eigenvalue weighted by molar-refractivity contribution is 7.99. The number of halogens is 2. The quantitative estimate of drug-likeness (QED) is 0.890. The molecular weight excluding hydrogens is 245 g/mol. The standard InChI is InChI=1S/C12H15ClFNS/c13-11-2-1-3-12(14)10(11)7-15-6-9-4-5-16-8-9/h1-3,9,15H,4-8H2. The van der Waals surface area contributed by atoms with E-state index in [2.05, 4.69) is 5.32 Å².